The van der Waals surface area contributed by atoms with Crippen molar-refractivity contribution in [2.75, 3.05) is 0 Å². The minimum Gasteiger partial charge on any atom is -0.458 e. The number of allylic oxidation sites excluding steroid dienone is 1. The van der Waals surface area contributed by atoms with Crippen LogP contribution in [0.15, 0.2) is 30.5 Å². The summed E-state index contributed by atoms with van der Waals surface area (Å²) in [5.41, 5.74) is 1.02. The summed E-state index contributed by atoms with van der Waals surface area (Å²) in [6.45, 7) is 9.81. The molecule has 3 heteroatoms. The predicted molar refractivity (Wildman–Crippen MR) is 76.4 cm³/mol. The third-order valence-electron chi connectivity index (χ3n) is 2.56. The van der Waals surface area contributed by atoms with Crippen molar-refractivity contribution in [3.8, 4) is 11.5 Å². The van der Waals surface area contributed by atoms with Gasteiger partial charge in [-0.05, 0) is 37.5 Å². The number of carbonyl (C=O) groups is 1. The summed E-state index contributed by atoms with van der Waals surface area (Å²) < 4.78 is 11.0. The predicted octanol–water partition coefficient (Wildman–Crippen LogP) is 4.39. The minimum absolute atomic E-state index is 0.237. The number of ether oxygens (including phenoxy) is 2. The SMILES string of the molecule is C=C(CCC)Oc1ccc(C)cc1OC(=O)CCC. The molecule has 0 aromatic heterocycles. The van der Waals surface area contributed by atoms with E-state index < -0.39 is 0 Å². The van der Waals surface area contributed by atoms with E-state index in [1.54, 1.807) is 0 Å². The highest BCUT2D eigenvalue weighted by molar-refractivity contribution is 5.73. The molecule has 0 saturated heterocycles. The van der Waals surface area contributed by atoms with E-state index in [0.717, 1.165) is 24.8 Å². The molecule has 0 spiro atoms. The molecule has 1 rings (SSSR count). The van der Waals surface area contributed by atoms with Crippen molar-refractivity contribution < 1.29 is 14.3 Å². The van der Waals surface area contributed by atoms with Gasteiger partial charge in [0.2, 0.25) is 0 Å². The van der Waals surface area contributed by atoms with E-state index in [1.165, 1.54) is 0 Å². The summed E-state index contributed by atoms with van der Waals surface area (Å²) >= 11 is 0. The molecule has 0 aliphatic heterocycles. The van der Waals surface area contributed by atoms with E-state index in [4.69, 9.17) is 9.47 Å². The van der Waals surface area contributed by atoms with Gasteiger partial charge < -0.3 is 9.47 Å². The number of esters is 1. The smallest absolute Gasteiger partial charge is 0.311 e. The Morgan fingerprint density at radius 3 is 2.42 bits per heavy atom. The monoisotopic (exact) mass is 262 g/mol. The summed E-state index contributed by atoms with van der Waals surface area (Å²) in [6, 6.07) is 5.54. The first-order valence-corrected chi connectivity index (χ1v) is 6.73. The van der Waals surface area contributed by atoms with Crippen LogP contribution in [0.1, 0.15) is 45.1 Å². The summed E-state index contributed by atoms with van der Waals surface area (Å²) in [5.74, 6) is 1.46. The molecule has 1 aromatic carbocycles. The Morgan fingerprint density at radius 2 is 1.79 bits per heavy atom. The summed E-state index contributed by atoms with van der Waals surface area (Å²) in [5, 5.41) is 0. The molecular formula is C16H22O3. The Labute approximate surface area is 115 Å². The maximum atomic E-state index is 11.6. The molecular weight excluding hydrogens is 240 g/mol. The van der Waals surface area contributed by atoms with Gasteiger partial charge in [-0.2, -0.15) is 0 Å². The van der Waals surface area contributed by atoms with Gasteiger partial charge in [-0.3, -0.25) is 4.79 Å². The zero-order valence-corrected chi connectivity index (χ0v) is 12.0. The van der Waals surface area contributed by atoms with Gasteiger partial charge in [-0.25, -0.2) is 0 Å². The number of hydrogen-bond donors (Lipinski definition) is 0. The molecule has 0 aliphatic carbocycles. The van der Waals surface area contributed by atoms with E-state index in [0.29, 0.717) is 23.7 Å². The van der Waals surface area contributed by atoms with Crippen molar-refractivity contribution in [1.29, 1.82) is 0 Å². The van der Waals surface area contributed by atoms with Crippen LogP contribution in [0.25, 0.3) is 0 Å². The average molecular weight is 262 g/mol. The number of rotatable bonds is 7. The first-order chi connectivity index (χ1) is 9.06. The Balaban J connectivity index is 2.85. The normalized spacial score (nSPS) is 10.1. The lowest BCUT2D eigenvalue weighted by Crippen LogP contribution is -2.08. The van der Waals surface area contributed by atoms with Crippen molar-refractivity contribution in [1.82, 2.24) is 0 Å². The number of aryl methyl sites for hydroxylation is 1. The second-order valence-corrected chi connectivity index (χ2v) is 4.56. The van der Waals surface area contributed by atoms with Crippen LogP contribution in [-0.4, -0.2) is 5.97 Å². The van der Waals surface area contributed by atoms with E-state index in [-0.39, 0.29) is 5.97 Å². The lowest BCUT2D eigenvalue weighted by molar-refractivity contribution is -0.134. The average Bonchev–Trinajstić information content (AvgIpc) is 2.33. The molecule has 0 atom stereocenters. The largest absolute Gasteiger partial charge is 0.458 e. The highest BCUT2D eigenvalue weighted by Crippen LogP contribution is 2.30. The zero-order valence-electron chi connectivity index (χ0n) is 12.0. The Kier molecular flexibility index (Phi) is 6.13. The quantitative estimate of drug-likeness (QED) is 0.415. The fraction of sp³-hybridized carbons (Fsp3) is 0.438. The Hall–Kier alpha value is -1.77. The molecule has 0 N–H and O–H groups in total. The third kappa shape index (κ3) is 5.16. The highest BCUT2D eigenvalue weighted by Gasteiger charge is 2.11. The van der Waals surface area contributed by atoms with Gasteiger partial charge in [-0.15, -0.1) is 0 Å². The topological polar surface area (TPSA) is 35.5 Å². The van der Waals surface area contributed by atoms with Gasteiger partial charge in [0.25, 0.3) is 0 Å². The Morgan fingerprint density at radius 1 is 1.11 bits per heavy atom. The van der Waals surface area contributed by atoms with Crippen molar-refractivity contribution in [3.63, 3.8) is 0 Å². The first kappa shape index (κ1) is 15.3. The van der Waals surface area contributed by atoms with E-state index in [9.17, 15) is 4.79 Å². The molecule has 0 radical (unpaired) electrons. The van der Waals surface area contributed by atoms with E-state index in [1.807, 2.05) is 32.0 Å². The molecule has 0 aliphatic rings. The molecule has 0 fully saturated rings. The second kappa shape index (κ2) is 7.62. The van der Waals surface area contributed by atoms with Crippen LogP contribution in [0.3, 0.4) is 0 Å². The summed E-state index contributed by atoms with van der Waals surface area (Å²) in [4.78, 5) is 11.6. The molecule has 0 heterocycles. The van der Waals surface area contributed by atoms with Crippen molar-refractivity contribution >= 4 is 5.97 Å². The molecule has 3 nitrogen and oxygen atoms in total. The van der Waals surface area contributed by atoms with Gasteiger partial charge in [0.05, 0.1) is 5.76 Å². The zero-order chi connectivity index (χ0) is 14.3. The fourth-order valence-corrected chi connectivity index (χ4v) is 1.64. The van der Waals surface area contributed by atoms with Crippen LogP contribution in [0.2, 0.25) is 0 Å². The highest BCUT2D eigenvalue weighted by atomic mass is 16.6. The number of hydrogen-bond acceptors (Lipinski definition) is 3. The fourth-order valence-electron chi connectivity index (χ4n) is 1.64. The van der Waals surface area contributed by atoms with Gasteiger partial charge in [-0.1, -0.05) is 26.5 Å². The van der Waals surface area contributed by atoms with Crippen molar-refractivity contribution in [2.45, 2.75) is 46.5 Å². The van der Waals surface area contributed by atoms with Crippen molar-refractivity contribution in [2.24, 2.45) is 0 Å². The van der Waals surface area contributed by atoms with Crippen LogP contribution < -0.4 is 9.47 Å². The van der Waals surface area contributed by atoms with Gasteiger partial charge >= 0.3 is 5.97 Å². The standard InChI is InChI=1S/C16H22O3/c1-5-7-13(4)18-14-10-9-12(3)11-15(14)19-16(17)8-6-2/h9-11H,4-8H2,1-3H3. The summed E-state index contributed by atoms with van der Waals surface area (Å²) in [6.07, 6.45) is 2.93. The molecule has 0 saturated carbocycles. The maximum Gasteiger partial charge on any atom is 0.311 e. The first-order valence-electron chi connectivity index (χ1n) is 6.73. The second-order valence-electron chi connectivity index (χ2n) is 4.56. The lowest BCUT2D eigenvalue weighted by Gasteiger charge is -2.13. The molecule has 0 unspecified atom stereocenters. The molecule has 104 valence electrons. The van der Waals surface area contributed by atoms with Gasteiger partial charge in [0, 0.05) is 12.8 Å². The van der Waals surface area contributed by atoms with Crippen LogP contribution in [0.5, 0.6) is 11.5 Å². The van der Waals surface area contributed by atoms with Gasteiger partial charge in [0.1, 0.15) is 0 Å². The summed E-state index contributed by atoms with van der Waals surface area (Å²) in [7, 11) is 0. The van der Waals surface area contributed by atoms with E-state index in [2.05, 4.69) is 13.5 Å². The minimum atomic E-state index is -0.237. The van der Waals surface area contributed by atoms with Gasteiger partial charge in [0.15, 0.2) is 11.5 Å². The molecule has 1 aromatic rings. The third-order valence-corrected chi connectivity index (χ3v) is 2.56. The van der Waals surface area contributed by atoms with Crippen LogP contribution in [0.4, 0.5) is 0 Å². The van der Waals surface area contributed by atoms with Crippen LogP contribution in [0, 0.1) is 6.92 Å². The van der Waals surface area contributed by atoms with E-state index >= 15 is 0 Å². The number of benzene rings is 1. The Bertz CT molecular complexity index is 449. The van der Waals surface area contributed by atoms with Crippen LogP contribution in [-0.2, 0) is 4.79 Å². The van der Waals surface area contributed by atoms with Crippen molar-refractivity contribution in [3.05, 3.63) is 36.1 Å². The lowest BCUT2D eigenvalue weighted by atomic mass is 10.2. The molecule has 19 heavy (non-hydrogen) atoms. The maximum absolute atomic E-state index is 11.6. The number of carbonyl (C=O) groups excluding carboxylic acids is 1. The van der Waals surface area contributed by atoms with Crippen LogP contribution >= 0.6 is 0 Å². The molecule has 0 bridgehead atoms. The molecule has 0 amide bonds.